The number of amides is 1. The van der Waals surface area contributed by atoms with Gasteiger partial charge in [0.1, 0.15) is 12.4 Å². The lowest BCUT2D eigenvalue weighted by Crippen LogP contribution is -2.39. The Hall–Kier alpha value is -2.30. The van der Waals surface area contributed by atoms with Gasteiger partial charge in [-0.2, -0.15) is 5.10 Å². The Balaban J connectivity index is 1.57. The van der Waals surface area contributed by atoms with E-state index >= 15 is 0 Å². The quantitative estimate of drug-likeness (QED) is 0.863. The molecule has 1 unspecified atom stereocenters. The molecule has 0 N–H and O–H groups in total. The molecule has 22 heavy (non-hydrogen) atoms. The number of benzene rings is 1. The first kappa shape index (κ1) is 14.6. The third-order valence-electron chi connectivity index (χ3n) is 4.10. The smallest absolute Gasteiger partial charge is 0.229 e. The Morgan fingerprint density at radius 2 is 2.27 bits per heavy atom. The van der Waals surface area contributed by atoms with Crippen LogP contribution in [-0.4, -0.2) is 40.8 Å². The van der Waals surface area contributed by atoms with Crippen molar-refractivity contribution in [3.05, 3.63) is 47.8 Å². The number of fused-ring (bicyclic) bond motifs is 1. The highest BCUT2D eigenvalue weighted by atomic mass is 16.5. The van der Waals surface area contributed by atoms with Gasteiger partial charge in [0, 0.05) is 26.8 Å². The summed E-state index contributed by atoms with van der Waals surface area (Å²) in [4.78, 5) is 14.4. The maximum atomic E-state index is 12.6. The second-order valence-corrected chi connectivity index (χ2v) is 5.85. The summed E-state index contributed by atoms with van der Waals surface area (Å²) in [5, 5.41) is 4.15. The van der Waals surface area contributed by atoms with Gasteiger partial charge < -0.3 is 9.64 Å². The molecule has 1 aromatic carbocycles. The normalized spacial score (nSPS) is 16.7. The van der Waals surface area contributed by atoms with E-state index in [0.717, 1.165) is 29.7 Å². The van der Waals surface area contributed by atoms with E-state index in [4.69, 9.17) is 4.74 Å². The van der Waals surface area contributed by atoms with Gasteiger partial charge in [-0.15, -0.1) is 0 Å². The minimum atomic E-state index is -0.0891. The summed E-state index contributed by atoms with van der Waals surface area (Å²) in [5.41, 5.74) is 2.26. The van der Waals surface area contributed by atoms with Crippen molar-refractivity contribution in [3.8, 4) is 5.75 Å². The molecule has 116 valence electrons. The van der Waals surface area contributed by atoms with Gasteiger partial charge >= 0.3 is 0 Å². The minimum Gasteiger partial charge on any atom is -0.492 e. The highest BCUT2D eigenvalue weighted by Gasteiger charge is 2.27. The molecule has 0 saturated carbocycles. The summed E-state index contributed by atoms with van der Waals surface area (Å²) in [6.07, 6.45) is 5.41. The van der Waals surface area contributed by atoms with Crippen LogP contribution in [0, 0.1) is 5.92 Å². The molecule has 2 heterocycles. The molecule has 1 atom stereocenters. The van der Waals surface area contributed by atoms with Crippen LogP contribution in [0.5, 0.6) is 5.75 Å². The Morgan fingerprint density at radius 1 is 1.45 bits per heavy atom. The SMILES string of the molecule is CN(CCc1cnn(C)c1)C(=O)C1COc2ccccc2C1. The number of carbonyl (C=O) groups excluding carboxylic acids is 1. The van der Waals surface area contributed by atoms with Crippen LogP contribution in [-0.2, 0) is 24.7 Å². The maximum Gasteiger partial charge on any atom is 0.229 e. The summed E-state index contributed by atoms with van der Waals surface area (Å²) < 4.78 is 7.49. The molecule has 5 heteroatoms. The van der Waals surface area contributed by atoms with Crippen molar-refractivity contribution in [2.75, 3.05) is 20.2 Å². The van der Waals surface area contributed by atoms with Crippen molar-refractivity contribution in [1.29, 1.82) is 0 Å². The molecule has 2 aromatic rings. The van der Waals surface area contributed by atoms with Crippen LogP contribution in [0.15, 0.2) is 36.7 Å². The van der Waals surface area contributed by atoms with Gasteiger partial charge in [0.2, 0.25) is 5.91 Å². The lowest BCUT2D eigenvalue weighted by atomic mass is 9.95. The zero-order valence-electron chi connectivity index (χ0n) is 13.0. The van der Waals surface area contributed by atoms with E-state index < -0.39 is 0 Å². The summed E-state index contributed by atoms with van der Waals surface area (Å²) in [7, 11) is 3.76. The Kier molecular flexibility index (Phi) is 4.13. The van der Waals surface area contributed by atoms with Crippen molar-refractivity contribution >= 4 is 5.91 Å². The monoisotopic (exact) mass is 299 g/mol. The predicted octanol–water partition coefficient (Wildman–Crippen LogP) is 1.67. The van der Waals surface area contributed by atoms with E-state index in [1.54, 1.807) is 9.58 Å². The van der Waals surface area contributed by atoms with Gasteiger partial charge in [-0.05, 0) is 30.0 Å². The van der Waals surface area contributed by atoms with Gasteiger partial charge in [-0.3, -0.25) is 9.48 Å². The Labute approximate surface area is 130 Å². The second-order valence-electron chi connectivity index (χ2n) is 5.85. The Bertz CT molecular complexity index is 665. The summed E-state index contributed by atoms with van der Waals surface area (Å²) in [6.45, 7) is 1.16. The number of aryl methyl sites for hydroxylation is 1. The van der Waals surface area contributed by atoms with E-state index in [1.165, 1.54) is 0 Å². The number of carbonyl (C=O) groups is 1. The molecule has 0 spiro atoms. The average Bonchev–Trinajstić information content (AvgIpc) is 2.97. The van der Waals surface area contributed by atoms with Crippen LogP contribution in [0.3, 0.4) is 0 Å². The van der Waals surface area contributed by atoms with Crippen molar-refractivity contribution in [1.82, 2.24) is 14.7 Å². The molecular formula is C17H21N3O2. The number of ether oxygens (including phenoxy) is 1. The molecule has 0 radical (unpaired) electrons. The lowest BCUT2D eigenvalue weighted by Gasteiger charge is -2.28. The van der Waals surface area contributed by atoms with E-state index in [0.29, 0.717) is 13.2 Å². The van der Waals surface area contributed by atoms with E-state index in [1.807, 2.05) is 50.8 Å². The number of likely N-dealkylation sites (N-methyl/N-ethyl adjacent to an activating group) is 1. The molecule has 1 aliphatic rings. The van der Waals surface area contributed by atoms with Gasteiger partial charge in [0.25, 0.3) is 0 Å². The van der Waals surface area contributed by atoms with Crippen LogP contribution < -0.4 is 4.74 Å². The van der Waals surface area contributed by atoms with Crippen molar-refractivity contribution in [3.63, 3.8) is 0 Å². The molecule has 1 amide bonds. The summed E-state index contributed by atoms with van der Waals surface area (Å²) >= 11 is 0. The number of nitrogens with zero attached hydrogens (tertiary/aromatic N) is 3. The zero-order valence-corrected chi connectivity index (χ0v) is 13.0. The highest BCUT2D eigenvalue weighted by Crippen LogP contribution is 2.27. The molecule has 1 aliphatic heterocycles. The maximum absolute atomic E-state index is 12.6. The molecule has 1 aromatic heterocycles. The van der Waals surface area contributed by atoms with Gasteiger partial charge in [-0.25, -0.2) is 0 Å². The van der Waals surface area contributed by atoms with Gasteiger partial charge in [0.15, 0.2) is 0 Å². The third-order valence-corrected chi connectivity index (χ3v) is 4.10. The molecule has 0 saturated heterocycles. The first-order chi connectivity index (χ1) is 10.6. The molecule has 0 aliphatic carbocycles. The number of rotatable bonds is 4. The lowest BCUT2D eigenvalue weighted by molar-refractivity contribution is -0.135. The molecular weight excluding hydrogens is 278 g/mol. The topological polar surface area (TPSA) is 47.4 Å². The van der Waals surface area contributed by atoms with E-state index in [-0.39, 0.29) is 11.8 Å². The molecule has 0 bridgehead atoms. The Morgan fingerprint density at radius 3 is 3.05 bits per heavy atom. The van der Waals surface area contributed by atoms with Gasteiger partial charge in [-0.1, -0.05) is 18.2 Å². The summed E-state index contributed by atoms with van der Waals surface area (Å²) in [6, 6.07) is 7.94. The zero-order chi connectivity index (χ0) is 15.5. The third kappa shape index (κ3) is 3.13. The first-order valence-corrected chi connectivity index (χ1v) is 7.56. The number of para-hydroxylation sites is 1. The fourth-order valence-electron chi connectivity index (χ4n) is 2.81. The highest BCUT2D eigenvalue weighted by molar-refractivity contribution is 5.79. The van der Waals surface area contributed by atoms with Crippen LogP contribution in [0.25, 0.3) is 0 Å². The van der Waals surface area contributed by atoms with Crippen molar-refractivity contribution < 1.29 is 9.53 Å². The summed E-state index contributed by atoms with van der Waals surface area (Å²) in [5.74, 6) is 0.969. The number of hydrogen-bond acceptors (Lipinski definition) is 3. The first-order valence-electron chi connectivity index (χ1n) is 7.56. The van der Waals surface area contributed by atoms with Crippen molar-refractivity contribution in [2.24, 2.45) is 13.0 Å². The van der Waals surface area contributed by atoms with Crippen molar-refractivity contribution in [2.45, 2.75) is 12.8 Å². The van der Waals surface area contributed by atoms with Crippen LogP contribution in [0.4, 0.5) is 0 Å². The van der Waals surface area contributed by atoms with Gasteiger partial charge in [0.05, 0.1) is 12.1 Å². The second kappa shape index (κ2) is 6.22. The van der Waals surface area contributed by atoms with Crippen LogP contribution in [0.2, 0.25) is 0 Å². The predicted molar refractivity (Wildman–Crippen MR) is 83.7 cm³/mol. The standard InChI is InChI=1S/C17H21N3O2/c1-19(8-7-13-10-18-20(2)11-13)17(21)15-9-14-5-3-4-6-16(14)22-12-15/h3-6,10-11,15H,7-9,12H2,1-2H3. The molecule has 5 nitrogen and oxygen atoms in total. The number of hydrogen-bond donors (Lipinski definition) is 0. The minimum absolute atomic E-state index is 0.0891. The molecule has 0 fully saturated rings. The van der Waals surface area contributed by atoms with Crippen LogP contribution >= 0.6 is 0 Å². The molecule has 3 rings (SSSR count). The fraction of sp³-hybridized carbons (Fsp3) is 0.412. The largest absolute Gasteiger partial charge is 0.492 e. The van der Waals surface area contributed by atoms with E-state index in [9.17, 15) is 4.79 Å². The van der Waals surface area contributed by atoms with Crippen LogP contribution in [0.1, 0.15) is 11.1 Å². The average molecular weight is 299 g/mol. The number of aromatic nitrogens is 2. The fourth-order valence-corrected chi connectivity index (χ4v) is 2.81. The van der Waals surface area contributed by atoms with E-state index in [2.05, 4.69) is 5.10 Å².